The second-order valence-electron chi connectivity index (χ2n) is 6.15. The maximum atomic E-state index is 12.7. The molecule has 0 aromatic carbocycles. The molecular weight excluding hydrogens is 279 g/mol. The first-order valence-electron chi connectivity index (χ1n) is 7.54. The fourth-order valence-corrected chi connectivity index (χ4v) is 3.43. The molecule has 120 valence electrons. The van der Waals surface area contributed by atoms with Crippen molar-refractivity contribution < 1.29 is 13.2 Å². The Morgan fingerprint density at radius 1 is 1.33 bits per heavy atom. The molecule has 0 radical (unpaired) electrons. The van der Waals surface area contributed by atoms with Crippen LogP contribution in [0.1, 0.15) is 37.1 Å². The first-order chi connectivity index (χ1) is 9.81. The van der Waals surface area contributed by atoms with Gasteiger partial charge in [-0.25, -0.2) is 0 Å². The van der Waals surface area contributed by atoms with Gasteiger partial charge in [-0.15, -0.1) is 0 Å². The van der Waals surface area contributed by atoms with E-state index in [1.165, 1.54) is 0 Å². The van der Waals surface area contributed by atoms with Crippen LogP contribution in [0.5, 0.6) is 0 Å². The lowest BCUT2D eigenvalue weighted by molar-refractivity contribution is -0.184. The lowest BCUT2D eigenvalue weighted by atomic mass is 9.77. The highest BCUT2D eigenvalue weighted by Crippen LogP contribution is 2.40. The van der Waals surface area contributed by atoms with Gasteiger partial charge in [0.1, 0.15) is 0 Å². The van der Waals surface area contributed by atoms with Crippen molar-refractivity contribution in [1.29, 1.82) is 0 Å². The van der Waals surface area contributed by atoms with Crippen LogP contribution in [0.15, 0.2) is 6.07 Å². The van der Waals surface area contributed by atoms with Gasteiger partial charge >= 0.3 is 6.18 Å². The van der Waals surface area contributed by atoms with Crippen LogP contribution in [0.25, 0.3) is 0 Å². The second-order valence-corrected chi connectivity index (χ2v) is 6.15. The summed E-state index contributed by atoms with van der Waals surface area (Å²) in [5.74, 6) is -0.797. The minimum Gasteiger partial charge on any atom is -0.316 e. The van der Waals surface area contributed by atoms with Crippen LogP contribution in [-0.2, 0) is 13.5 Å². The van der Waals surface area contributed by atoms with Crippen LogP contribution in [-0.4, -0.2) is 29.0 Å². The summed E-state index contributed by atoms with van der Waals surface area (Å²) >= 11 is 0. The Labute approximate surface area is 123 Å². The van der Waals surface area contributed by atoms with Crippen LogP contribution >= 0.6 is 0 Å². The molecule has 21 heavy (non-hydrogen) atoms. The lowest BCUT2D eigenvalue weighted by Crippen LogP contribution is -2.39. The molecule has 1 N–H and O–H groups in total. The molecule has 6 heteroatoms. The molecule has 0 aliphatic heterocycles. The van der Waals surface area contributed by atoms with Gasteiger partial charge in [0.25, 0.3) is 0 Å². The molecule has 0 amide bonds. The monoisotopic (exact) mass is 303 g/mol. The third-order valence-corrected chi connectivity index (χ3v) is 4.70. The van der Waals surface area contributed by atoms with Crippen molar-refractivity contribution in [2.45, 2.75) is 51.2 Å². The van der Waals surface area contributed by atoms with Crippen molar-refractivity contribution >= 4 is 0 Å². The summed E-state index contributed by atoms with van der Waals surface area (Å²) in [6.07, 6.45) is -1.40. The molecule has 1 atom stereocenters. The van der Waals surface area contributed by atoms with Gasteiger partial charge in [0.2, 0.25) is 0 Å². The quantitative estimate of drug-likeness (QED) is 0.925. The third-order valence-electron chi connectivity index (χ3n) is 4.70. The van der Waals surface area contributed by atoms with E-state index in [1.54, 1.807) is 0 Å². The summed E-state index contributed by atoms with van der Waals surface area (Å²) in [7, 11) is 3.80. The number of nitrogens with one attached hydrogen (secondary N) is 1. The summed E-state index contributed by atoms with van der Waals surface area (Å²) in [6.45, 7) is 1.95. The lowest BCUT2D eigenvalue weighted by Gasteiger charge is -2.34. The van der Waals surface area contributed by atoms with E-state index in [9.17, 15) is 13.2 Å². The summed E-state index contributed by atoms with van der Waals surface area (Å²) in [6, 6.07) is 2.26. The smallest absolute Gasteiger partial charge is 0.316 e. The Morgan fingerprint density at radius 3 is 2.38 bits per heavy atom. The molecule has 0 spiro atoms. The number of alkyl halides is 3. The molecule has 1 aromatic rings. The first-order valence-corrected chi connectivity index (χ1v) is 7.54. The van der Waals surface area contributed by atoms with E-state index in [-0.39, 0.29) is 18.9 Å². The Balaban J connectivity index is 1.95. The van der Waals surface area contributed by atoms with Gasteiger partial charge in [0.15, 0.2) is 0 Å². The van der Waals surface area contributed by atoms with Gasteiger partial charge in [-0.2, -0.15) is 18.3 Å². The van der Waals surface area contributed by atoms with Gasteiger partial charge in [0.05, 0.1) is 11.6 Å². The number of halogens is 3. The first kappa shape index (κ1) is 16.3. The molecule has 3 nitrogen and oxygen atoms in total. The summed E-state index contributed by atoms with van der Waals surface area (Å²) in [5, 5.41) is 7.62. The van der Waals surface area contributed by atoms with Gasteiger partial charge in [-0.05, 0) is 51.6 Å². The molecule has 1 fully saturated rings. The highest BCUT2D eigenvalue weighted by Gasteiger charge is 2.42. The number of hydrogen-bond acceptors (Lipinski definition) is 2. The Morgan fingerprint density at radius 2 is 1.95 bits per heavy atom. The summed E-state index contributed by atoms with van der Waals surface area (Å²) in [4.78, 5) is 0. The molecule has 1 unspecified atom stereocenters. The average Bonchev–Trinajstić information content (AvgIpc) is 2.73. The standard InChI is InChI=1S/C15H24F3N3/c1-10-8-13(21(3)20-10)9-14(19-2)11-4-6-12(7-5-11)15(16,17)18/h8,11-12,14,19H,4-7,9H2,1-3H3. The average molecular weight is 303 g/mol. The van der Waals surface area contributed by atoms with Crippen molar-refractivity contribution in [3.63, 3.8) is 0 Å². The zero-order valence-corrected chi connectivity index (χ0v) is 12.9. The number of nitrogens with zero attached hydrogens (tertiary/aromatic N) is 2. The van der Waals surface area contributed by atoms with E-state index in [0.717, 1.165) is 17.8 Å². The van der Waals surface area contributed by atoms with Crippen LogP contribution in [0.4, 0.5) is 13.2 Å². The number of aromatic nitrogens is 2. The van der Waals surface area contributed by atoms with Crippen LogP contribution < -0.4 is 5.32 Å². The minimum absolute atomic E-state index is 0.217. The van der Waals surface area contributed by atoms with Crippen LogP contribution in [0.3, 0.4) is 0 Å². The minimum atomic E-state index is -4.03. The maximum absolute atomic E-state index is 12.7. The number of hydrogen-bond donors (Lipinski definition) is 1. The topological polar surface area (TPSA) is 29.9 Å². The van der Waals surface area contributed by atoms with Gasteiger partial charge in [-0.1, -0.05) is 0 Å². The van der Waals surface area contributed by atoms with Crippen molar-refractivity contribution in [3.05, 3.63) is 17.5 Å². The van der Waals surface area contributed by atoms with E-state index in [0.29, 0.717) is 18.8 Å². The fourth-order valence-electron chi connectivity index (χ4n) is 3.43. The van der Waals surface area contributed by atoms with E-state index in [1.807, 2.05) is 31.8 Å². The largest absolute Gasteiger partial charge is 0.391 e. The van der Waals surface area contributed by atoms with E-state index >= 15 is 0 Å². The molecule has 1 aromatic heterocycles. The maximum Gasteiger partial charge on any atom is 0.391 e. The van der Waals surface area contributed by atoms with Crippen molar-refractivity contribution in [2.75, 3.05) is 7.05 Å². The van der Waals surface area contributed by atoms with Crippen molar-refractivity contribution in [2.24, 2.45) is 18.9 Å². The molecular formula is C15H24F3N3. The molecule has 2 rings (SSSR count). The van der Waals surface area contributed by atoms with Crippen molar-refractivity contribution in [1.82, 2.24) is 15.1 Å². The van der Waals surface area contributed by atoms with Crippen molar-refractivity contribution in [3.8, 4) is 0 Å². The number of aryl methyl sites for hydroxylation is 2. The van der Waals surface area contributed by atoms with Gasteiger partial charge in [-0.3, -0.25) is 4.68 Å². The SMILES string of the molecule is CNC(Cc1cc(C)nn1C)C1CCC(C(F)(F)F)CC1. The van der Waals surface area contributed by atoms with Crippen LogP contribution in [0, 0.1) is 18.8 Å². The Bertz CT molecular complexity index is 459. The van der Waals surface area contributed by atoms with Gasteiger partial charge in [0, 0.05) is 25.2 Å². The Kier molecular flexibility index (Phi) is 4.96. The second kappa shape index (κ2) is 6.38. The molecule has 1 aliphatic carbocycles. The fraction of sp³-hybridized carbons (Fsp3) is 0.800. The molecule has 1 aliphatic rings. The zero-order valence-electron chi connectivity index (χ0n) is 12.9. The van der Waals surface area contributed by atoms with Gasteiger partial charge < -0.3 is 5.32 Å². The Hall–Kier alpha value is -1.04. The summed E-state index contributed by atoms with van der Waals surface area (Å²) in [5.41, 5.74) is 2.10. The van der Waals surface area contributed by atoms with E-state index in [4.69, 9.17) is 0 Å². The zero-order chi connectivity index (χ0) is 15.6. The molecule has 0 bridgehead atoms. The molecule has 1 heterocycles. The van der Waals surface area contributed by atoms with E-state index in [2.05, 4.69) is 10.4 Å². The molecule has 0 saturated heterocycles. The highest BCUT2D eigenvalue weighted by atomic mass is 19.4. The van der Waals surface area contributed by atoms with E-state index < -0.39 is 12.1 Å². The highest BCUT2D eigenvalue weighted by molar-refractivity contribution is 5.10. The predicted molar refractivity (Wildman–Crippen MR) is 76.0 cm³/mol. The number of rotatable bonds is 4. The predicted octanol–water partition coefficient (Wildman–Crippen LogP) is 3.23. The normalized spacial score (nSPS) is 25.0. The number of likely N-dealkylation sites (N-methyl/N-ethyl adjacent to an activating group) is 1. The third kappa shape index (κ3) is 3.99. The summed E-state index contributed by atoms with van der Waals surface area (Å²) < 4.78 is 40.0. The molecule has 1 saturated carbocycles. The van der Waals surface area contributed by atoms with Crippen LogP contribution in [0.2, 0.25) is 0 Å².